The number of rotatable bonds is 5. The summed E-state index contributed by atoms with van der Waals surface area (Å²) in [6.45, 7) is 5.56. The molecule has 1 rings (SSSR count). The maximum atomic E-state index is 11.5. The first-order valence-corrected chi connectivity index (χ1v) is 6.74. The van der Waals surface area contributed by atoms with E-state index in [1.165, 1.54) is 18.9 Å². The molecule has 0 aliphatic carbocycles. The molecule has 0 radical (unpaired) electrons. The van der Waals surface area contributed by atoms with Gasteiger partial charge in [-0.25, -0.2) is 4.98 Å². The van der Waals surface area contributed by atoms with Crippen LogP contribution in [0.2, 0.25) is 0 Å². The molecule has 1 unspecified atom stereocenters. The van der Waals surface area contributed by atoms with Crippen molar-refractivity contribution < 1.29 is 14.3 Å². The molecule has 19 heavy (non-hydrogen) atoms. The van der Waals surface area contributed by atoms with Gasteiger partial charge in [0, 0.05) is 10.9 Å². The molecule has 1 atom stereocenters. The number of carbonyl (C=O) groups excluding carboxylic acids is 2. The number of carbonyl (C=O) groups is 2. The van der Waals surface area contributed by atoms with Crippen LogP contribution in [-0.4, -0.2) is 29.2 Å². The molecule has 2 N–H and O–H groups in total. The number of nitrogens with two attached hydrogens (primary N) is 1. The van der Waals surface area contributed by atoms with Crippen LogP contribution in [0.25, 0.3) is 0 Å². The number of thioether (sulfide) groups is 1. The number of ether oxygens (including phenoxy) is 1. The highest BCUT2D eigenvalue weighted by atomic mass is 32.2. The fourth-order valence-corrected chi connectivity index (χ4v) is 2.91. The molecule has 1 aromatic rings. The first-order valence-electron chi connectivity index (χ1n) is 5.86. The fourth-order valence-electron chi connectivity index (χ4n) is 1.74. The van der Waals surface area contributed by atoms with Gasteiger partial charge in [0.1, 0.15) is 5.03 Å². The molecule has 0 aliphatic rings. The van der Waals surface area contributed by atoms with Crippen molar-refractivity contribution in [3.05, 3.63) is 22.9 Å². The Morgan fingerprint density at radius 2 is 2.11 bits per heavy atom. The summed E-state index contributed by atoms with van der Waals surface area (Å²) in [7, 11) is 1.35. The van der Waals surface area contributed by atoms with Crippen molar-refractivity contribution in [3.8, 4) is 0 Å². The topological polar surface area (TPSA) is 82.3 Å². The van der Waals surface area contributed by atoms with E-state index in [-0.39, 0.29) is 17.6 Å². The standard InChI is InChI=1S/C13H18N2O3S/c1-7-5-8(2)15-13(11(7)12(14)17)19-9(3)6-10(16)18-4/h5,9H,6H2,1-4H3,(H2,14,17). The van der Waals surface area contributed by atoms with Gasteiger partial charge in [-0.05, 0) is 25.5 Å². The second-order valence-electron chi connectivity index (χ2n) is 4.33. The van der Waals surface area contributed by atoms with E-state index in [2.05, 4.69) is 9.72 Å². The molecule has 0 aromatic carbocycles. The quantitative estimate of drug-likeness (QED) is 0.658. The number of nitrogens with zero attached hydrogens (tertiary/aromatic N) is 1. The number of hydrogen-bond donors (Lipinski definition) is 1. The van der Waals surface area contributed by atoms with Crippen LogP contribution >= 0.6 is 11.8 Å². The Labute approximate surface area is 116 Å². The van der Waals surface area contributed by atoms with E-state index in [4.69, 9.17) is 5.73 Å². The van der Waals surface area contributed by atoms with Crippen molar-refractivity contribution in [1.82, 2.24) is 4.98 Å². The number of amides is 1. The van der Waals surface area contributed by atoms with Gasteiger partial charge in [0.15, 0.2) is 0 Å². The summed E-state index contributed by atoms with van der Waals surface area (Å²) in [5.74, 6) is -0.789. The summed E-state index contributed by atoms with van der Waals surface area (Å²) < 4.78 is 4.62. The second-order valence-corrected chi connectivity index (χ2v) is 5.76. The highest BCUT2D eigenvalue weighted by Crippen LogP contribution is 2.29. The van der Waals surface area contributed by atoms with E-state index in [9.17, 15) is 9.59 Å². The molecule has 6 heteroatoms. The van der Waals surface area contributed by atoms with Crippen LogP contribution in [0.1, 0.15) is 35.0 Å². The number of esters is 1. The molecular formula is C13H18N2O3S. The number of aromatic nitrogens is 1. The Bertz CT molecular complexity index is 503. The number of primary amides is 1. The zero-order chi connectivity index (χ0) is 14.6. The van der Waals surface area contributed by atoms with Crippen LogP contribution < -0.4 is 5.73 Å². The molecule has 1 aromatic heterocycles. The zero-order valence-corrected chi connectivity index (χ0v) is 12.3. The highest BCUT2D eigenvalue weighted by Gasteiger charge is 2.18. The Kier molecular flexibility index (Phi) is 5.35. The number of hydrogen-bond acceptors (Lipinski definition) is 5. The predicted octanol–water partition coefficient (Wildman–Crippen LogP) is 1.84. The summed E-state index contributed by atoms with van der Waals surface area (Å²) >= 11 is 1.36. The van der Waals surface area contributed by atoms with Gasteiger partial charge in [-0.15, -0.1) is 11.8 Å². The third kappa shape index (κ3) is 4.24. The van der Waals surface area contributed by atoms with E-state index in [1.54, 1.807) is 0 Å². The average Bonchev–Trinajstić information content (AvgIpc) is 2.26. The minimum absolute atomic E-state index is 0.0424. The highest BCUT2D eigenvalue weighted by molar-refractivity contribution is 7.99. The molecule has 1 amide bonds. The second kappa shape index (κ2) is 6.56. The van der Waals surface area contributed by atoms with Crippen molar-refractivity contribution in [2.75, 3.05) is 7.11 Å². The van der Waals surface area contributed by atoms with Crippen molar-refractivity contribution in [1.29, 1.82) is 0 Å². The van der Waals surface area contributed by atoms with Gasteiger partial charge in [0.2, 0.25) is 0 Å². The summed E-state index contributed by atoms with van der Waals surface area (Å²) in [5.41, 5.74) is 7.42. The summed E-state index contributed by atoms with van der Waals surface area (Å²) in [4.78, 5) is 27.0. The summed E-state index contributed by atoms with van der Waals surface area (Å²) in [6, 6.07) is 1.81. The molecule has 0 saturated carbocycles. The molecule has 0 saturated heterocycles. The smallest absolute Gasteiger partial charge is 0.306 e. The first-order chi connectivity index (χ1) is 8.85. The van der Waals surface area contributed by atoms with E-state index < -0.39 is 5.91 Å². The fraction of sp³-hybridized carbons (Fsp3) is 0.462. The van der Waals surface area contributed by atoms with Gasteiger partial charge in [-0.2, -0.15) is 0 Å². The van der Waals surface area contributed by atoms with Gasteiger partial charge >= 0.3 is 5.97 Å². The lowest BCUT2D eigenvalue weighted by Gasteiger charge is -2.13. The number of aryl methyl sites for hydroxylation is 2. The van der Waals surface area contributed by atoms with E-state index >= 15 is 0 Å². The first kappa shape index (κ1) is 15.5. The summed E-state index contributed by atoms with van der Waals surface area (Å²) in [6.07, 6.45) is 0.258. The van der Waals surface area contributed by atoms with E-state index in [0.29, 0.717) is 10.6 Å². The van der Waals surface area contributed by atoms with Gasteiger partial charge in [-0.3, -0.25) is 9.59 Å². The third-order valence-electron chi connectivity index (χ3n) is 2.55. The Morgan fingerprint density at radius 1 is 1.47 bits per heavy atom. The van der Waals surface area contributed by atoms with Crippen LogP contribution in [-0.2, 0) is 9.53 Å². The molecule has 0 bridgehead atoms. The van der Waals surface area contributed by atoms with E-state index in [1.807, 2.05) is 26.8 Å². The predicted molar refractivity (Wildman–Crippen MR) is 74.2 cm³/mol. The molecule has 5 nitrogen and oxygen atoms in total. The lowest BCUT2D eigenvalue weighted by atomic mass is 10.1. The van der Waals surface area contributed by atoms with Crippen molar-refractivity contribution in [2.45, 2.75) is 37.5 Å². The maximum absolute atomic E-state index is 11.5. The van der Waals surface area contributed by atoms with Crippen molar-refractivity contribution in [2.24, 2.45) is 5.73 Å². The van der Waals surface area contributed by atoms with Crippen LogP contribution in [0.5, 0.6) is 0 Å². The molecular weight excluding hydrogens is 264 g/mol. The average molecular weight is 282 g/mol. The Morgan fingerprint density at radius 3 is 2.63 bits per heavy atom. The SMILES string of the molecule is COC(=O)CC(C)Sc1nc(C)cc(C)c1C(N)=O. The van der Waals surface area contributed by atoms with E-state index in [0.717, 1.165) is 11.3 Å². The molecule has 0 aliphatic heterocycles. The minimum atomic E-state index is -0.502. The third-order valence-corrected chi connectivity index (χ3v) is 3.64. The van der Waals surface area contributed by atoms with Gasteiger partial charge in [-0.1, -0.05) is 6.92 Å². The monoisotopic (exact) mass is 282 g/mol. The maximum Gasteiger partial charge on any atom is 0.306 e. The number of pyridine rings is 1. The Balaban J connectivity index is 2.99. The number of methoxy groups -OCH3 is 1. The van der Waals surface area contributed by atoms with Crippen LogP contribution in [0.4, 0.5) is 0 Å². The van der Waals surface area contributed by atoms with Crippen molar-refractivity contribution >= 4 is 23.6 Å². The molecule has 0 fully saturated rings. The lowest BCUT2D eigenvalue weighted by Crippen LogP contribution is -2.17. The van der Waals surface area contributed by atoms with Crippen LogP contribution in [0.15, 0.2) is 11.1 Å². The molecule has 1 heterocycles. The minimum Gasteiger partial charge on any atom is -0.469 e. The largest absolute Gasteiger partial charge is 0.469 e. The molecule has 104 valence electrons. The van der Waals surface area contributed by atoms with Gasteiger partial charge in [0.25, 0.3) is 5.91 Å². The van der Waals surface area contributed by atoms with Crippen LogP contribution in [0, 0.1) is 13.8 Å². The molecule has 0 spiro atoms. The van der Waals surface area contributed by atoms with Crippen molar-refractivity contribution in [3.63, 3.8) is 0 Å². The Hall–Kier alpha value is -1.56. The lowest BCUT2D eigenvalue weighted by molar-refractivity contribution is -0.140. The summed E-state index contributed by atoms with van der Waals surface area (Å²) in [5, 5.41) is 0.528. The normalized spacial score (nSPS) is 12.0. The van der Waals surface area contributed by atoms with Gasteiger partial charge < -0.3 is 10.5 Å². The van der Waals surface area contributed by atoms with Gasteiger partial charge in [0.05, 0.1) is 19.1 Å². The zero-order valence-electron chi connectivity index (χ0n) is 11.5. The van der Waals surface area contributed by atoms with Crippen LogP contribution in [0.3, 0.4) is 0 Å².